The third-order valence-electron chi connectivity index (χ3n) is 3.06. The highest BCUT2D eigenvalue weighted by molar-refractivity contribution is 5.67. The summed E-state index contributed by atoms with van der Waals surface area (Å²) in [6, 6.07) is 4.19. The molecule has 1 amide bonds. The Kier molecular flexibility index (Phi) is 6.27. The maximum absolute atomic E-state index is 11.7. The van der Waals surface area contributed by atoms with Crippen LogP contribution in [0.2, 0.25) is 0 Å². The highest BCUT2D eigenvalue weighted by Gasteiger charge is 2.18. The molecular weight excluding hydrogens is 268 g/mol. The molecule has 2 N–H and O–H groups in total. The van der Waals surface area contributed by atoms with E-state index in [-0.39, 0.29) is 18.2 Å². The Hall–Kier alpha value is -1.49. The molecule has 0 saturated heterocycles. The zero-order chi connectivity index (χ0) is 16.0. The summed E-state index contributed by atoms with van der Waals surface area (Å²) in [5.41, 5.74) is -0.474. The van der Waals surface area contributed by atoms with Crippen molar-refractivity contribution >= 4 is 6.09 Å². The standard InChI is InChI=1S/C16H28N2O3/c1-7-13(10-17-15(19)21-16(4,5)6)18-12(3)14-9-8-11(2)20-14/h8-9,12-13,18H,7,10H2,1-6H3,(H,17,19). The molecule has 5 heteroatoms. The van der Waals surface area contributed by atoms with Crippen LogP contribution in [-0.4, -0.2) is 24.3 Å². The normalized spacial score (nSPS) is 14.6. The first-order valence-corrected chi connectivity index (χ1v) is 7.50. The van der Waals surface area contributed by atoms with E-state index in [1.165, 1.54) is 0 Å². The molecule has 0 radical (unpaired) electrons. The summed E-state index contributed by atoms with van der Waals surface area (Å²) in [6.07, 6.45) is 0.518. The molecule has 1 aromatic rings. The van der Waals surface area contributed by atoms with Crippen LogP contribution in [0.15, 0.2) is 16.5 Å². The fourth-order valence-corrected chi connectivity index (χ4v) is 1.96. The van der Waals surface area contributed by atoms with Crippen molar-refractivity contribution in [3.63, 3.8) is 0 Å². The summed E-state index contributed by atoms with van der Waals surface area (Å²) < 4.78 is 10.8. The monoisotopic (exact) mass is 296 g/mol. The Morgan fingerprint density at radius 1 is 1.38 bits per heavy atom. The van der Waals surface area contributed by atoms with Crippen LogP contribution in [0.5, 0.6) is 0 Å². The van der Waals surface area contributed by atoms with Gasteiger partial charge >= 0.3 is 6.09 Å². The first-order valence-electron chi connectivity index (χ1n) is 7.50. The van der Waals surface area contributed by atoms with E-state index in [0.29, 0.717) is 6.54 Å². The average molecular weight is 296 g/mol. The van der Waals surface area contributed by atoms with Crippen molar-refractivity contribution < 1.29 is 13.9 Å². The van der Waals surface area contributed by atoms with E-state index in [4.69, 9.17) is 9.15 Å². The van der Waals surface area contributed by atoms with Crippen LogP contribution in [0.1, 0.15) is 58.6 Å². The molecule has 21 heavy (non-hydrogen) atoms. The maximum atomic E-state index is 11.7. The van der Waals surface area contributed by atoms with Crippen molar-refractivity contribution in [2.75, 3.05) is 6.54 Å². The highest BCUT2D eigenvalue weighted by atomic mass is 16.6. The predicted octanol–water partition coefficient (Wildman–Crippen LogP) is 3.54. The van der Waals surface area contributed by atoms with Crippen LogP contribution < -0.4 is 10.6 Å². The fraction of sp³-hybridized carbons (Fsp3) is 0.688. The molecule has 0 bridgehead atoms. The maximum Gasteiger partial charge on any atom is 0.407 e. The van der Waals surface area contributed by atoms with Crippen molar-refractivity contribution in [2.24, 2.45) is 0 Å². The molecule has 1 aromatic heterocycles. The number of ether oxygens (including phenoxy) is 1. The molecule has 0 spiro atoms. The molecule has 2 unspecified atom stereocenters. The number of carbonyl (C=O) groups is 1. The van der Waals surface area contributed by atoms with Gasteiger partial charge in [-0.05, 0) is 53.2 Å². The van der Waals surface area contributed by atoms with Gasteiger partial charge in [0, 0.05) is 12.6 Å². The summed E-state index contributed by atoms with van der Waals surface area (Å²) in [5, 5.41) is 6.25. The lowest BCUT2D eigenvalue weighted by Gasteiger charge is -2.23. The van der Waals surface area contributed by atoms with Gasteiger partial charge in [-0.25, -0.2) is 4.79 Å². The Balaban J connectivity index is 2.43. The van der Waals surface area contributed by atoms with Crippen molar-refractivity contribution in [2.45, 2.75) is 65.6 Å². The van der Waals surface area contributed by atoms with Crippen LogP contribution in [0, 0.1) is 6.92 Å². The Morgan fingerprint density at radius 3 is 2.52 bits per heavy atom. The van der Waals surface area contributed by atoms with Gasteiger partial charge in [-0.1, -0.05) is 6.92 Å². The second kappa shape index (κ2) is 7.50. The number of alkyl carbamates (subject to hydrolysis) is 1. The number of rotatable bonds is 6. The number of amides is 1. The molecule has 0 aliphatic carbocycles. The molecule has 0 aromatic carbocycles. The molecule has 0 saturated carbocycles. The van der Waals surface area contributed by atoms with Crippen LogP contribution in [0.25, 0.3) is 0 Å². The molecule has 0 fully saturated rings. The van der Waals surface area contributed by atoms with Gasteiger partial charge in [-0.15, -0.1) is 0 Å². The summed E-state index contributed by atoms with van der Waals surface area (Å²) in [6.45, 7) is 12.1. The van der Waals surface area contributed by atoms with Crippen LogP contribution in [-0.2, 0) is 4.74 Å². The third kappa shape index (κ3) is 6.67. The largest absolute Gasteiger partial charge is 0.465 e. The van der Waals surface area contributed by atoms with E-state index < -0.39 is 5.60 Å². The number of nitrogens with one attached hydrogen (secondary N) is 2. The number of carbonyl (C=O) groups excluding carboxylic acids is 1. The fourth-order valence-electron chi connectivity index (χ4n) is 1.96. The number of hydrogen-bond acceptors (Lipinski definition) is 4. The third-order valence-corrected chi connectivity index (χ3v) is 3.06. The summed E-state index contributed by atoms with van der Waals surface area (Å²) in [5.74, 6) is 1.81. The zero-order valence-electron chi connectivity index (χ0n) is 13.9. The molecule has 0 aliphatic heterocycles. The minimum Gasteiger partial charge on any atom is -0.465 e. The smallest absolute Gasteiger partial charge is 0.407 e. The van der Waals surface area contributed by atoms with E-state index in [1.54, 1.807) is 0 Å². The molecule has 5 nitrogen and oxygen atoms in total. The molecule has 1 heterocycles. The van der Waals surface area contributed by atoms with Crippen molar-refractivity contribution in [3.8, 4) is 0 Å². The van der Waals surface area contributed by atoms with Gasteiger partial charge in [0.15, 0.2) is 0 Å². The Bertz CT molecular complexity index is 449. The van der Waals surface area contributed by atoms with Gasteiger partial charge < -0.3 is 19.8 Å². The van der Waals surface area contributed by atoms with Crippen molar-refractivity contribution in [1.29, 1.82) is 0 Å². The molecule has 0 aliphatic rings. The lowest BCUT2D eigenvalue weighted by Crippen LogP contribution is -2.43. The number of aryl methyl sites for hydroxylation is 1. The molecule has 120 valence electrons. The Labute approximate surface area is 127 Å². The van der Waals surface area contributed by atoms with Crippen LogP contribution in [0.4, 0.5) is 4.79 Å². The number of furan rings is 1. The quantitative estimate of drug-likeness (QED) is 0.842. The second-order valence-corrected chi connectivity index (χ2v) is 6.32. The van der Waals surface area contributed by atoms with Gasteiger partial charge in [0.05, 0.1) is 6.04 Å². The zero-order valence-corrected chi connectivity index (χ0v) is 13.9. The summed E-state index contributed by atoms with van der Waals surface area (Å²) in [4.78, 5) is 11.7. The van der Waals surface area contributed by atoms with Gasteiger partial charge in [0.2, 0.25) is 0 Å². The van der Waals surface area contributed by atoms with Gasteiger partial charge in [0.25, 0.3) is 0 Å². The van der Waals surface area contributed by atoms with E-state index in [2.05, 4.69) is 24.5 Å². The summed E-state index contributed by atoms with van der Waals surface area (Å²) >= 11 is 0. The first-order chi connectivity index (χ1) is 9.71. The average Bonchev–Trinajstić information content (AvgIpc) is 2.79. The lowest BCUT2D eigenvalue weighted by atomic mass is 10.1. The van der Waals surface area contributed by atoms with Crippen LogP contribution in [0.3, 0.4) is 0 Å². The van der Waals surface area contributed by atoms with Crippen LogP contribution >= 0.6 is 0 Å². The van der Waals surface area contributed by atoms with Gasteiger partial charge in [-0.2, -0.15) is 0 Å². The van der Waals surface area contributed by atoms with Crippen molar-refractivity contribution in [3.05, 3.63) is 23.7 Å². The van der Waals surface area contributed by atoms with E-state index >= 15 is 0 Å². The Morgan fingerprint density at radius 2 is 2.05 bits per heavy atom. The van der Waals surface area contributed by atoms with E-state index in [1.807, 2.05) is 39.8 Å². The minimum absolute atomic E-state index is 0.101. The van der Waals surface area contributed by atoms with Gasteiger partial charge in [-0.3, -0.25) is 0 Å². The predicted molar refractivity (Wildman–Crippen MR) is 83.3 cm³/mol. The lowest BCUT2D eigenvalue weighted by molar-refractivity contribution is 0.0521. The summed E-state index contributed by atoms with van der Waals surface area (Å²) in [7, 11) is 0. The first kappa shape index (κ1) is 17.6. The minimum atomic E-state index is -0.474. The number of hydrogen-bond donors (Lipinski definition) is 2. The SMILES string of the molecule is CCC(CNC(=O)OC(C)(C)C)NC(C)c1ccc(C)o1. The second-order valence-electron chi connectivity index (χ2n) is 6.32. The van der Waals surface area contributed by atoms with Gasteiger partial charge in [0.1, 0.15) is 17.1 Å². The molecule has 2 atom stereocenters. The van der Waals surface area contributed by atoms with Crippen molar-refractivity contribution in [1.82, 2.24) is 10.6 Å². The molecule has 1 rings (SSSR count). The molecular formula is C16H28N2O3. The van der Waals surface area contributed by atoms with E-state index in [9.17, 15) is 4.79 Å². The highest BCUT2D eigenvalue weighted by Crippen LogP contribution is 2.16. The van der Waals surface area contributed by atoms with E-state index in [0.717, 1.165) is 17.9 Å². The topological polar surface area (TPSA) is 63.5 Å².